The number of nitrogens with zero attached hydrogens (tertiary/aromatic N) is 2. The summed E-state index contributed by atoms with van der Waals surface area (Å²) in [4.78, 5) is 0.278. The Morgan fingerprint density at radius 2 is 1.72 bits per heavy atom. The molecule has 0 bridgehead atoms. The minimum atomic E-state index is -3.45. The van der Waals surface area contributed by atoms with Crippen LogP contribution >= 0.6 is 11.8 Å². The van der Waals surface area contributed by atoms with Gasteiger partial charge in [-0.25, -0.2) is 8.42 Å². The lowest BCUT2D eigenvalue weighted by Crippen LogP contribution is -1.96. The number of sulfone groups is 1. The molecular formula is C22H18N2O3S2. The number of aryl methyl sites for hydroxylation is 1. The van der Waals surface area contributed by atoms with Gasteiger partial charge in [-0.1, -0.05) is 71.9 Å². The SMILES string of the molecule is Cc1ccc(S(=O)(=O)C=CCSc2nnc(-c3cccc4ccccc34)o2)cc1. The minimum absolute atomic E-state index is 0.278. The summed E-state index contributed by atoms with van der Waals surface area (Å²) in [6, 6.07) is 20.7. The molecule has 0 unspecified atom stereocenters. The highest BCUT2D eigenvalue weighted by atomic mass is 32.2. The summed E-state index contributed by atoms with van der Waals surface area (Å²) in [6.45, 7) is 1.92. The van der Waals surface area contributed by atoms with Crippen LogP contribution in [0, 0.1) is 6.92 Å². The van der Waals surface area contributed by atoms with Gasteiger partial charge >= 0.3 is 0 Å². The summed E-state index contributed by atoms with van der Waals surface area (Å²) in [6.07, 6.45) is 1.58. The zero-order valence-electron chi connectivity index (χ0n) is 15.6. The first kappa shape index (κ1) is 19.4. The molecular weight excluding hydrogens is 404 g/mol. The van der Waals surface area contributed by atoms with E-state index in [4.69, 9.17) is 4.42 Å². The Morgan fingerprint density at radius 3 is 2.55 bits per heavy atom. The van der Waals surface area contributed by atoms with Crippen molar-refractivity contribution in [1.82, 2.24) is 10.2 Å². The molecule has 1 aromatic heterocycles. The van der Waals surface area contributed by atoms with Crippen molar-refractivity contribution in [2.75, 3.05) is 5.75 Å². The number of rotatable bonds is 6. The van der Waals surface area contributed by atoms with E-state index in [0.29, 0.717) is 16.9 Å². The van der Waals surface area contributed by atoms with Crippen molar-refractivity contribution in [3.05, 3.63) is 83.8 Å². The fourth-order valence-electron chi connectivity index (χ4n) is 2.88. The molecule has 0 fully saturated rings. The molecule has 0 amide bonds. The van der Waals surface area contributed by atoms with Gasteiger partial charge in [0.15, 0.2) is 9.84 Å². The van der Waals surface area contributed by atoms with E-state index in [0.717, 1.165) is 21.9 Å². The summed E-state index contributed by atoms with van der Waals surface area (Å²) >= 11 is 1.29. The van der Waals surface area contributed by atoms with Crippen LogP contribution in [0.15, 0.2) is 92.7 Å². The summed E-state index contributed by atoms with van der Waals surface area (Å²) in [5.74, 6) is 0.850. The van der Waals surface area contributed by atoms with E-state index < -0.39 is 9.84 Å². The molecule has 4 aromatic rings. The molecule has 146 valence electrons. The quantitative estimate of drug-likeness (QED) is 0.394. The van der Waals surface area contributed by atoms with Gasteiger partial charge in [0, 0.05) is 16.7 Å². The van der Waals surface area contributed by atoms with E-state index in [1.165, 1.54) is 17.2 Å². The maximum Gasteiger partial charge on any atom is 0.277 e. The average molecular weight is 423 g/mol. The van der Waals surface area contributed by atoms with Crippen LogP contribution < -0.4 is 0 Å². The second kappa shape index (κ2) is 8.23. The van der Waals surface area contributed by atoms with Crippen molar-refractivity contribution < 1.29 is 12.8 Å². The van der Waals surface area contributed by atoms with Crippen LogP contribution in [0.3, 0.4) is 0 Å². The van der Waals surface area contributed by atoms with Crippen molar-refractivity contribution in [3.63, 3.8) is 0 Å². The van der Waals surface area contributed by atoms with Crippen LogP contribution in [-0.4, -0.2) is 24.4 Å². The molecule has 7 heteroatoms. The Balaban J connectivity index is 1.45. The molecule has 0 aliphatic heterocycles. The van der Waals surface area contributed by atoms with Crippen LogP contribution in [0.5, 0.6) is 0 Å². The van der Waals surface area contributed by atoms with Crippen molar-refractivity contribution in [3.8, 4) is 11.5 Å². The Kier molecular flexibility index (Phi) is 5.51. The third-order valence-corrected chi connectivity index (χ3v) is 6.61. The third kappa shape index (κ3) is 4.41. The number of fused-ring (bicyclic) bond motifs is 1. The van der Waals surface area contributed by atoms with Crippen molar-refractivity contribution >= 4 is 32.4 Å². The van der Waals surface area contributed by atoms with E-state index in [1.807, 2.05) is 49.4 Å². The maximum atomic E-state index is 12.3. The lowest BCUT2D eigenvalue weighted by atomic mass is 10.0. The summed E-state index contributed by atoms with van der Waals surface area (Å²) in [5.41, 5.74) is 1.89. The van der Waals surface area contributed by atoms with Gasteiger partial charge in [-0.3, -0.25) is 0 Å². The van der Waals surface area contributed by atoms with Crippen LogP contribution in [0.2, 0.25) is 0 Å². The van der Waals surface area contributed by atoms with Crippen molar-refractivity contribution in [1.29, 1.82) is 0 Å². The molecule has 1 heterocycles. The smallest absolute Gasteiger partial charge is 0.277 e. The highest BCUT2D eigenvalue weighted by Crippen LogP contribution is 2.29. The van der Waals surface area contributed by atoms with Gasteiger partial charge < -0.3 is 4.42 Å². The normalized spacial score (nSPS) is 12.0. The first-order valence-corrected chi connectivity index (χ1v) is 11.5. The topological polar surface area (TPSA) is 73.1 Å². The molecule has 0 N–H and O–H groups in total. The lowest BCUT2D eigenvalue weighted by molar-refractivity contribution is 0.466. The van der Waals surface area contributed by atoms with E-state index in [-0.39, 0.29) is 4.90 Å². The van der Waals surface area contributed by atoms with Gasteiger partial charge in [-0.2, -0.15) is 0 Å². The first-order chi connectivity index (χ1) is 14.0. The highest BCUT2D eigenvalue weighted by Gasteiger charge is 2.12. The second-order valence-corrected chi connectivity index (χ2v) is 9.25. The van der Waals surface area contributed by atoms with Crippen molar-refractivity contribution in [2.45, 2.75) is 17.0 Å². The number of benzene rings is 3. The minimum Gasteiger partial charge on any atom is -0.411 e. The molecule has 29 heavy (non-hydrogen) atoms. The summed E-state index contributed by atoms with van der Waals surface area (Å²) < 4.78 is 30.4. The van der Waals surface area contributed by atoms with Gasteiger partial charge in [0.2, 0.25) is 5.89 Å². The predicted octanol–water partition coefficient (Wildman–Crippen LogP) is 5.28. The molecule has 0 atom stereocenters. The zero-order valence-corrected chi connectivity index (χ0v) is 17.3. The lowest BCUT2D eigenvalue weighted by Gasteiger charge is -2.01. The number of hydrogen-bond acceptors (Lipinski definition) is 6. The molecule has 0 saturated carbocycles. The van der Waals surface area contributed by atoms with Gasteiger partial charge in [-0.15, -0.1) is 10.2 Å². The average Bonchev–Trinajstić information content (AvgIpc) is 3.20. The van der Waals surface area contributed by atoms with E-state index >= 15 is 0 Å². The summed E-state index contributed by atoms with van der Waals surface area (Å²) in [7, 11) is -3.45. The van der Waals surface area contributed by atoms with Gasteiger partial charge in [0.05, 0.1) is 4.90 Å². The van der Waals surface area contributed by atoms with Crippen LogP contribution in [0.1, 0.15) is 5.56 Å². The molecule has 0 saturated heterocycles. The van der Waals surface area contributed by atoms with E-state index in [2.05, 4.69) is 10.2 Å². The highest BCUT2D eigenvalue weighted by molar-refractivity contribution is 7.99. The van der Waals surface area contributed by atoms with Crippen LogP contribution in [0.25, 0.3) is 22.2 Å². The van der Waals surface area contributed by atoms with Crippen LogP contribution in [0.4, 0.5) is 0 Å². The fourth-order valence-corrected chi connectivity index (χ4v) is 4.60. The van der Waals surface area contributed by atoms with Crippen LogP contribution in [-0.2, 0) is 9.84 Å². The molecule has 0 aliphatic carbocycles. The monoisotopic (exact) mass is 422 g/mol. The molecule has 0 spiro atoms. The van der Waals surface area contributed by atoms with E-state index in [9.17, 15) is 8.42 Å². The molecule has 0 aliphatic rings. The van der Waals surface area contributed by atoms with Gasteiger partial charge in [0.1, 0.15) is 0 Å². The molecule has 4 rings (SSSR count). The molecule has 3 aromatic carbocycles. The second-order valence-electron chi connectivity index (χ2n) is 6.44. The van der Waals surface area contributed by atoms with Crippen molar-refractivity contribution in [2.24, 2.45) is 0 Å². The molecule has 5 nitrogen and oxygen atoms in total. The van der Waals surface area contributed by atoms with Gasteiger partial charge in [-0.05, 0) is 35.9 Å². The largest absolute Gasteiger partial charge is 0.411 e. The number of aromatic nitrogens is 2. The number of hydrogen-bond donors (Lipinski definition) is 0. The fraction of sp³-hybridized carbons (Fsp3) is 0.0909. The Hall–Kier alpha value is -2.90. The predicted molar refractivity (Wildman–Crippen MR) is 115 cm³/mol. The first-order valence-electron chi connectivity index (χ1n) is 8.96. The third-order valence-electron chi connectivity index (χ3n) is 4.35. The molecule has 0 radical (unpaired) electrons. The Morgan fingerprint density at radius 1 is 0.966 bits per heavy atom. The Labute approximate surface area is 173 Å². The van der Waals surface area contributed by atoms with Gasteiger partial charge in [0.25, 0.3) is 5.22 Å². The number of thioether (sulfide) groups is 1. The summed E-state index contributed by atoms with van der Waals surface area (Å²) in [5, 5.41) is 12.0. The van der Waals surface area contributed by atoms with E-state index in [1.54, 1.807) is 30.3 Å². The Bertz CT molecular complexity index is 1270. The maximum absolute atomic E-state index is 12.3. The standard InChI is InChI=1S/C22H18N2O3S2/c1-16-10-12-18(13-11-16)29(25,26)15-5-14-28-22-24-23-21(27-22)20-9-4-7-17-6-2-3-8-19(17)20/h2-13,15H,14H2,1H3. The zero-order chi connectivity index (χ0) is 20.3.